The fourth-order valence-electron chi connectivity index (χ4n) is 4.78. The molecule has 0 radical (unpaired) electrons. The summed E-state index contributed by atoms with van der Waals surface area (Å²) in [6.45, 7) is 6.15. The molecule has 42 heavy (non-hydrogen) atoms. The third-order valence-electron chi connectivity index (χ3n) is 6.65. The summed E-state index contributed by atoms with van der Waals surface area (Å²) >= 11 is 0. The lowest BCUT2D eigenvalue weighted by molar-refractivity contribution is -0.138. The van der Waals surface area contributed by atoms with Gasteiger partial charge < -0.3 is 28.6 Å². The van der Waals surface area contributed by atoms with E-state index < -0.39 is 35.6 Å². The van der Waals surface area contributed by atoms with E-state index in [2.05, 4.69) is 10.1 Å². The SMILES string of the molecule is CC(C)(C)OC(=O)N1C[C@H](O)C[C@H]1c1nc(-c2ccc(OCCCc3ccc4c(c3)OCCO4)c(C(F)(F)F)c2)no1. The van der Waals surface area contributed by atoms with Crippen LogP contribution in [0.15, 0.2) is 40.9 Å². The van der Waals surface area contributed by atoms with Crippen molar-refractivity contribution in [3.8, 4) is 28.6 Å². The van der Waals surface area contributed by atoms with E-state index in [0.29, 0.717) is 37.6 Å². The van der Waals surface area contributed by atoms with Crippen molar-refractivity contribution in [2.75, 3.05) is 26.4 Å². The number of benzene rings is 2. The van der Waals surface area contributed by atoms with Crippen LogP contribution in [0.25, 0.3) is 11.4 Å². The second kappa shape index (κ2) is 11.7. The fraction of sp³-hybridized carbons (Fsp3) is 0.483. The normalized spacial score (nSPS) is 18.7. The number of β-amino-alcohol motifs (C(OH)–C–C–N with tert-alkyl or cyclic N) is 1. The molecule has 1 saturated heterocycles. The van der Waals surface area contributed by atoms with Gasteiger partial charge in [-0.2, -0.15) is 18.2 Å². The average molecular weight is 592 g/mol. The maximum atomic E-state index is 14.0. The molecule has 2 aromatic carbocycles. The summed E-state index contributed by atoms with van der Waals surface area (Å²) in [6, 6.07) is 8.33. The monoisotopic (exact) mass is 591 g/mol. The summed E-state index contributed by atoms with van der Waals surface area (Å²) in [5.74, 6) is 0.908. The van der Waals surface area contributed by atoms with Crippen molar-refractivity contribution in [3.63, 3.8) is 0 Å². The van der Waals surface area contributed by atoms with Gasteiger partial charge in [-0.3, -0.25) is 4.90 Å². The molecule has 2 aliphatic rings. The van der Waals surface area contributed by atoms with E-state index in [9.17, 15) is 23.1 Å². The Hall–Kier alpha value is -4.00. The second-order valence-corrected chi connectivity index (χ2v) is 11.1. The molecule has 0 aliphatic carbocycles. The lowest BCUT2D eigenvalue weighted by Gasteiger charge is -2.26. The second-order valence-electron chi connectivity index (χ2n) is 11.1. The van der Waals surface area contributed by atoms with Gasteiger partial charge in [-0.15, -0.1) is 0 Å². The molecule has 1 fully saturated rings. The molecule has 0 spiro atoms. The van der Waals surface area contributed by atoms with Gasteiger partial charge in [0.15, 0.2) is 11.5 Å². The van der Waals surface area contributed by atoms with Crippen molar-refractivity contribution >= 4 is 6.09 Å². The van der Waals surface area contributed by atoms with Crippen LogP contribution in [0.2, 0.25) is 0 Å². The first-order valence-corrected chi connectivity index (χ1v) is 13.6. The summed E-state index contributed by atoms with van der Waals surface area (Å²) in [6.07, 6.45) is -5.03. The summed E-state index contributed by atoms with van der Waals surface area (Å²) in [5.41, 5.74) is -0.721. The number of aryl methyl sites for hydroxylation is 1. The van der Waals surface area contributed by atoms with Gasteiger partial charge in [0.1, 0.15) is 30.6 Å². The zero-order chi connectivity index (χ0) is 30.1. The maximum absolute atomic E-state index is 14.0. The smallest absolute Gasteiger partial charge is 0.419 e. The Balaban J connectivity index is 1.27. The van der Waals surface area contributed by atoms with E-state index in [4.69, 9.17) is 23.5 Å². The molecule has 2 atom stereocenters. The largest absolute Gasteiger partial charge is 0.493 e. The van der Waals surface area contributed by atoms with Crippen LogP contribution in [-0.4, -0.2) is 64.3 Å². The number of fused-ring (bicyclic) bond motifs is 1. The summed E-state index contributed by atoms with van der Waals surface area (Å²) in [4.78, 5) is 18.2. The van der Waals surface area contributed by atoms with Crippen LogP contribution in [0.3, 0.4) is 0 Å². The Morgan fingerprint density at radius 2 is 1.86 bits per heavy atom. The highest BCUT2D eigenvalue weighted by Crippen LogP contribution is 2.39. The minimum atomic E-state index is -4.70. The first kappa shape index (κ1) is 29.5. The predicted octanol–water partition coefficient (Wildman–Crippen LogP) is 5.58. The highest BCUT2D eigenvalue weighted by atomic mass is 19.4. The van der Waals surface area contributed by atoms with Crippen LogP contribution in [0, 0.1) is 0 Å². The minimum Gasteiger partial charge on any atom is -0.493 e. The Kier molecular flexibility index (Phi) is 8.22. The van der Waals surface area contributed by atoms with Crippen molar-refractivity contribution in [2.24, 2.45) is 0 Å². The Bertz CT molecular complexity index is 1420. The first-order chi connectivity index (χ1) is 19.9. The highest BCUT2D eigenvalue weighted by Gasteiger charge is 2.41. The number of rotatable bonds is 7. The molecule has 1 aromatic heterocycles. The number of likely N-dealkylation sites (tertiary alicyclic amines) is 1. The van der Waals surface area contributed by atoms with Gasteiger partial charge in [0, 0.05) is 12.0 Å². The Morgan fingerprint density at radius 3 is 2.60 bits per heavy atom. The number of ether oxygens (including phenoxy) is 4. The van der Waals surface area contributed by atoms with Gasteiger partial charge in [-0.05, 0) is 69.5 Å². The van der Waals surface area contributed by atoms with Crippen molar-refractivity contribution < 1.29 is 46.5 Å². The topological polar surface area (TPSA) is 116 Å². The molecule has 0 bridgehead atoms. The van der Waals surface area contributed by atoms with E-state index in [1.165, 1.54) is 17.0 Å². The van der Waals surface area contributed by atoms with Gasteiger partial charge in [0.25, 0.3) is 0 Å². The Morgan fingerprint density at radius 1 is 1.10 bits per heavy atom. The number of hydrogen-bond donors (Lipinski definition) is 1. The standard InChI is InChI=1S/C29H32F3N3O7/c1-28(2,3)41-27(37)35-16-19(36)15-21(35)26-33-25(34-42-26)18-7-9-22(20(14-18)29(30,31)32)38-10-4-5-17-6-8-23-24(13-17)40-12-11-39-23/h6-9,13-14,19,21,36H,4-5,10-12,15-16H2,1-3H3/t19-,21+/m1/s1. The number of nitrogens with zero attached hydrogens (tertiary/aromatic N) is 3. The van der Waals surface area contributed by atoms with Crippen molar-refractivity contribution in [2.45, 2.75) is 64.0 Å². The molecule has 5 rings (SSSR count). The summed E-state index contributed by atoms with van der Waals surface area (Å²) < 4.78 is 69.3. The fourth-order valence-corrected chi connectivity index (χ4v) is 4.78. The number of aliphatic hydroxyl groups excluding tert-OH is 1. The van der Waals surface area contributed by atoms with Crippen LogP contribution in [0.5, 0.6) is 17.2 Å². The number of amides is 1. The van der Waals surface area contributed by atoms with Gasteiger partial charge in [0.05, 0.1) is 24.8 Å². The molecule has 1 N–H and O–H groups in total. The van der Waals surface area contributed by atoms with Crippen molar-refractivity contribution in [1.29, 1.82) is 0 Å². The molecule has 3 heterocycles. The van der Waals surface area contributed by atoms with E-state index in [1.807, 2.05) is 18.2 Å². The van der Waals surface area contributed by atoms with Gasteiger partial charge in [-0.1, -0.05) is 11.2 Å². The molecule has 226 valence electrons. The van der Waals surface area contributed by atoms with E-state index >= 15 is 0 Å². The third kappa shape index (κ3) is 6.89. The van der Waals surface area contributed by atoms with E-state index in [0.717, 1.165) is 11.6 Å². The minimum absolute atomic E-state index is 0.00375. The quantitative estimate of drug-likeness (QED) is 0.352. The van der Waals surface area contributed by atoms with Crippen LogP contribution >= 0.6 is 0 Å². The highest BCUT2D eigenvalue weighted by molar-refractivity contribution is 5.69. The molecular formula is C29H32F3N3O7. The van der Waals surface area contributed by atoms with Crippen molar-refractivity contribution in [3.05, 3.63) is 53.4 Å². The number of aromatic nitrogens is 2. The number of alkyl halides is 3. The zero-order valence-electron chi connectivity index (χ0n) is 23.4. The number of carbonyl (C=O) groups excluding carboxylic acids is 1. The van der Waals surface area contributed by atoms with Crippen LogP contribution < -0.4 is 14.2 Å². The van der Waals surface area contributed by atoms with Crippen LogP contribution in [0.4, 0.5) is 18.0 Å². The summed E-state index contributed by atoms with van der Waals surface area (Å²) in [5, 5.41) is 14.0. The maximum Gasteiger partial charge on any atom is 0.419 e. The molecule has 3 aromatic rings. The predicted molar refractivity (Wildman–Crippen MR) is 142 cm³/mol. The molecule has 0 unspecified atom stereocenters. The average Bonchev–Trinajstić information content (AvgIpc) is 3.57. The molecular weight excluding hydrogens is 559 g/mol. The van der Waals surface area contributed by atoms with Gasteiger partial charge in [0.2, 0.25) is 11.7 Å². The third-order valence-corrected chi connectivity index (χ3v) is 6.65. The lowest BCUT2D eigenvalue weighted by atomic mass is 10.1. The number of carbonyl (C=O) groups is 1. The molecule has 13 heteroatoms. The van der Waals surface area contributed by atoms with Crippen LogP contribution in [0.1, 0.15) is 56.7 Å². The van der Waals surface area contributed by atoms with Gasteiger partial charge >= 0.3 is 12.3 Å². The number of halogens is 3. The van der Waals surface area contributed by atoms with Crippen LogP contribution in [-0.2, 0) is 17.3 Å². The van der Waals surface area contributed by atoms with Crippen molar-refractivity contribution in [1.82, 2.24) is 15.0 Å². The first-order valence-electron chi connectivity index (χ1n) is 13.6. The summed E-state index contributed by atoms with van der Waals surface area (Å²) in [7, 11) is 0. The Labute approximate surface area is 240 Å². The molecule has 0 saturated carbocycles. The number of aliphatic hydroxyl groups is 1. The zero-order valence-corrected chi connectivity index (χ0v) is 23.4. The van der Waals surface area contributed by atoms with E-state index in [-0.39, 0.29) is 42.6 Å². The molecule has 10 nitrogen and oxygen atoms in total. The molecule has 1 amide bonds. The lowest BCUT2D eigenvalue weighted by Crippen LogP contribution is -2.37. The van der Waals surface area contributed by atoms with Gasteiger partial charge in [-0.25, -0.2) is 4.79 Å². The molecule has 2 aliphatic heterocycles. The number of hydrogen-bond acceptors (Lipinski definition) is 9. The van der Waals surface area contributed by atoms with E-state index in [1.54, 1.807) is 20.8 Å².